The van der Waals surface area contributed by atoms with Crippen LogP contribution in [0.3, 0.4) is 0 Å². The molecule has 13 aromatic carbocycles. The fourth-order valence-corrected chi connectivity index (χ4v) is 14.9. The summed E-state index contributed by atoms with van der Waals surface area (Å²) in [6, 6.07) is 109. The molecule has 0 radical (unpaired) electrons. The van der Waals surface area contributed by atoms with Gasteiger partial charge in [-0.3, -0.25) is 0 Å². The predicted molar refractivity (Wildman–Crippen MR) is 355 cm³/mol. The third-order valence-corrected chi connectivity index (χ3v) is 18.7. The van der Waals surface area contributed by atoms with Crippen LogP contribution < -0.4 is 14.3 Å². The molecule has 0 bridgehead atoms. The molecule has 0 fully saturated rings. The molecule has 83 heavy (non-hydrogen) atoms. The van der Waals surface area contributed by atoms with E-state index in [0.29, 0.717) is 15.0 Å². The summed E-state index contributed by atoms with van der Waals surface area (Å²) >= 11 is 0.365. The van der Waals surface area contributed by atoms with Gasteiger partial charge in [0.25, 0.3) is 0 Å². The fraction of sp³-hybridized carbons (Fsp3) is 0.0513. The molecule has 4 nitrogen and oxygen atoms in total. The van der Waals surface area contributed by atoms with Crippen LogP contribution in [0.5, 0.6) is 0 Å². The van der Waals surface area contributed by atoms with Crippen molar-refractivity contribution in [3.63, 3.8) is 0 Å². The van der Waals surface area contributed by atoms with Gasteiger partial charge in [0.2, 0.25) is 0 Å². The second kappa shape index (κ2) is 21.5. The normalized spacial score (nSPS) is 11.6. The first-order valence-electron chi connectivity index (χ1n) is 28.9. The maximum absolute atomic E-state index is 2.53. The Balaban J connectivity index is 0.848. The van der Waals surface area contributed by atoms with Crippen molar-refractivity contribution in [3.05, 3.63) is 297 Å². The molecule has 2 heterocycles. The van der Waals surface area contributed by atoms with Crippen molar-refractivity contribution in [1.29, 1.82) is 0 Å². The minimum absolute atomic E-state index is 0.365. The standard InChI is InChI=1S/C78H58N4Se/c1-2-3-50-83-64-46-47-69-72(53-64)78(55-38-42-61(43-39-55)80(57-24-10-5-11-25-57)63-45-49-76-71(52-63)66-31-19-21-35-74(66)82(76)59-28-14-7-15-29-59)68-33-17-16-32-67(68)77(69)54-36-40-60(41-37-54)79(56-22-8-4-9-23-56)62-44-48-75-70(51-62)65-30-18-20-34-73(65)81(75)58-26-12-6-13-27-58/h4-49,51-53H,2-3,50H2,1H3. The Hall–Kier alpha value is -9.90. The van der Waals surface area contributed by atoms with Gasteiger partial charge >= 0.3 is 295 Å². The average Bonchev–Trinajstić information content (AvgIpc) is 4.21. The number of para-hydroxylation sites is 6. The molecule has 0 aliphatic carbocycles. The first-order valence-corrected chi connectivity index (χ1v) is 30.9. The molecule has 0 atom stereocenters. The van der Waals surface area contributed by atoms with Crippen LogP contribution in [0.15, 0.2) is 297 Å². The summed E-state index contributed by atoms with van der Waals surface area (Å²) in [4.78, 5) is 4.80. The van der Waals surface area contributed by atoms with Crippen molar-refractivity contribution in [2.75, 3.05) is 9.80 Å². The molecule has 0 saturated carbocycles. The van der Waals surface area contributed by atoms with Crippen molar-refractivity contribution in [2.45, 2.75) is 25.1 Å². The van der Waals surface area contributed by atoms with Gasteiger partial charge in [0.05, 0.1) is 22.1 Å². The molecular weight excluding hydrogens is 1070 g/mol. The summed E-state index contributed by atoms with van der Waals surface area (Å²) in [5.41, 5.74) is 18.6. The monoisotopic (exact) mass is 1130 g/mol. The van der Waals surface area contributed by atoms with E-state index in [1.165, 1.54) is 110 Å². The van der Waals surface area contributed by atoms with Gasteiger partial charge in [-0.1, -0.05) is 97.1 Å². The van der Waals surface area contributed by atoms with Crippen molar-refractivity contribution in [2.24, 2.45) is 0 Å². The van der Waals surface area contributed by atoms with E-state index in [4.69, 9.17) is 0 Å². The quantitative estimate of drug-likeness (QED) is 0.0613. The summed E-state index contributed by atoms with van der Waals surface area (Å²) in [6.45, 7) is 2.30. The fourth-order valence-electron chi connectivity index (χ4n) is 12.7. The molecule has 15 aromatic rings. The second-order valence-electron chi connectivity index (χ2n) is 21.4. The number of anilines is 6. The molecule has 0 saturated heterocycles. The first-order chi connectivity index (χ1) is 41.2. The van der Waals surface area contributed by atoms with Crippen LogP contribution in [-0.4, -0.2) is 24.1 Å². The van der Waals surface area contributed by atoms with Gasteiger partial charge in [0.15, 0.2) is 0 Å². The number of aromatic nitrogens is 2. The summed E-state index contributed by atoms with van der Waals surface area (Å²) in [7, 11) is 0. The molecule has 0 amide bonds. The van der Waals surface area contributed by atoms with E-state index >= 15 is 0 Å². The van der Waals surface area contributed by atoms with E-state index in [1.807, 2.05) is 0 Å². The first kappa shape index (κ1) is 50.1. The summed E-state index contributed by atoms with van der Waals surface area (Å²) in [5.74, 6) is 0. The van der Waals surface area contributed by atoms with Gasteiger partial charge < -0.3 is 9.13 Å². The number of hydrogen-bond donors (Lipinski definition) is 0. The van der Waals surface area contributed by atoms with Crippen LogP contribution in [-0.2, 0) is 0 Å². The molecule has 2 aromatic heterocycles. The van der Waals surface area contributed by atoms with Crippen LogP contribution in [0.25, 0.3) is 98.8 Å². The maximum atomic E-state index is 2.53. The Morgan fingerprint density at radius 1 is 0.289 bits per heavy atom. The van der Waals surface area contributed by atoms with Crippen molar-refractivity contribution in [1.82, 2.24) is 9.13 Å². The number of benzene rings is 13. The Kier molecular flexibility index (Phi) is 13.0. The van der Waals surface area contributed by atoms with E-state index in [-0.39, 0.29) is 0 Å². The molecule has 0 aliphatic heterocycles. The van der Waals surface area contributed by atoms with Crippen LogP contribution in [0.2, 0.25) is 5.32 Å². The molecule has 0 aliphatic rings. The summed E-state index contributed by atoms with van der Waals surface area (Å²) < 4.78 is 6.21. The second-order valence-corrected chi connectivity index (χ2v) is 23.9. The molecule has 5 heteroatoms. The van der Waals surface area contributed by atoms with Crippen LogP contribution in [0.1, 0.15) is 19.8 Å². The van der Waals surface area contributed by atoms with Crippen molar-refractivity contribution in [3.8, 4) is 33.6 Å². The third-order valence-electron chi connectivity index (χ3n) is 16.5. The number of hydrogen-bond acceptors (Lipinski definition) is 2. The zero-order chi connectivity index (χ0) is 55.2. The van der Waals surface area contributed by atoms with Gasteiger partial charge in [-0.2, -0.15) is 0 Å². The summed E-state index contributed by atoms with van der Waals surface area (Å²) in [5, 5.41) is 11.2. The van der Waals surface area contributed by atoms with Gasteiger partial charge in [-0.25, -0.2) is 0 Å². The van der Waals surface area contributed by atoms with E-state index in [0.717, 1.165) is 45.5 Å². The Morgan fingerprint density at radius 3 is 1.11 bits per heavy atom. The minimum atomic E-state index is 0.365. The SMILES string of the molecule is CCCC[Se]c1ccc2c(-c3ccc(N(c4ccccc4)c4ccc5c(c4)c4ccccc4n5-c4ccccc4)cc3)c3ccccc3c(-c3ccc(N(c4ccccc4)c4ccc5c(c4)c4ccccc4n5-c4ccccc4)cc3)c2c1. The molecule has 0 N–H and O–H groups in total. The van der Waals surface area contributed by atoms with Crippen molar-refractivity contribution >= 4 is 119 Å². The van der Waals surface area contributed by atoms with E-state index in [9.17, 15) is 0 Å². The molecule has 0 unspecified atom stereocenters. The third kappa shape index (κ3) is 8.94. The molecule has 15 rings (SSSR count). The Morgan fingerprint density at radius 2 is 0.651 bits per heavy atom. The molecular formula is C78H58N4Se. The number of fused-ring (bicyclic) bond motifs is 8. The summed E-state index contributed by atoms with van der Waals surface area (Å²) in [6.07, 6.45) is 2.45. The van der Waals surface area contributed by atoms with Gasteiger partial charge in [-0.05, 0) is 42.5 Å². The zero-order valence-electron chi connectivity index (χ0n) is 46.1. The van der Waals surface area contributed by atoms with E-state index in [1.54, 1.807) is 0 Å². The predicted octanol–water partition coefficient (Wildman–Crippen LogP) is 21.0. The Labute approximate surface area is 490 Å². The average molecular weight is 1130 g/mol. The molecule has 396 valence electrons. The number of nitrogens with zero attached hydrogens (tertiary/aromatic N) is 4. The van der Waals surface area contributed by atoms with Crippen LogP contribution in [0, 0.1) is 0 Å². The number of rotatable bonds is 14. The zero-order valence-corrected chi connectivity index (χ0v) is 47.8. The molecule has 0 spiro atoms. The number of unbranched alkanes of at least 4 members (excludes halogenated alkanes) is 1. The van der Waals surface area contributed by atoms with Gasteiger partial charge in [-0.15, -0.1) is 0 Å². The van der Waals surface area contributed by atoms with Crippen molar-refractivity contribution < 1.29 is 0 Å². The van der Waals surface area contributed by atoms with E-state index < -0.39 is 0 Å². The topological polar surface area (TPSA) is 16.3 Å². The van der Waals surface area contributed by atoms with E-state index in [2.05, 4.69) is 323 Å². The Bertz CT molecular complexity index is 4840. The van der Waals surface area contributed by atoms with Crippen LogP contribution >= 0.6 is 0 Å². The van der Waals surface area contributed by atoms with Gasteiger partial charge in [0.1, 0.15) is 0 Å². The van der Waals surface area contributed by atoms with Gasteiger partial charge in [0, 0.05) is 27.5 Å². The van der Waals surface area contributed by atoms with Crippen LogP contribution in [0.4, 0.5) is 34.1 Å².